The number of imidazole rings is 1. The third kappa shape index (κ3) is 3.39. The zero-order valence-corrected chi connectivity index (χ0v) is 14.7. The number of piperazine rings is 1. The highest BCUT2D eigenvalue weighted by Crippen LogP contribution is 2.15. The maximum Gasteiger partial charge on any atom is 0.272 e. The van der Waals surface area contributed by atoms with Crippen molar-refractivity contribution in [2.24, 2.45) is 0 Å². The van der Waals surface area contributed by atoms with E-state index < -0.39 is 0 Å². The van der Waals surface area contributed by atoms with Gasteiger partial charge >= 0.3 is 0 Å². The number of benzene rings is 1. The Bertz CT molecular complexity index is 878. The molecule has 0 bridgehead atoms. The Hall–Kier alpha value is -2.93. The molecule has 3 heterocycles. The number of carbonyl (C=O) groups is 1. The molecule has 1 saturated heterocycles. The van der Waals surface area contributed by atoms with Crippen molar-refractivity contribution in [3.63, 3.8) is 0 Å². The quantitative estimate of drug-likeness (QED) is 0.720. The van der Waals surface area contributed by atoms with E-state index in [4.69, 9.17) is 4.52 Å². The molecule has 0 aliphatic carbocycles. The summed E-state index contributed by atoms with van der Waals surface area (Å²) >= 11 is 0. The van der Waals surface area contributed by atoms with E-state index in [1.807, 2.05) is 52.8 Å². The van der Waals surface area contributed by atoms with Gasteiger partial charge in [-0.2, -0.15) is 0 Å². The smallest absolute Gasteiger partial charge is 0.272 e. The van der Waals surface area contributed by atoms with Crippen molar-refractivity contribution < 1.29 is 9.32 Å². The van der Waals surface area contributed by atoms with Gasteiger partial charge in [0.15, 0.2) is 5.76 Å². The lowest BCUT2D eigenvalue weighted by molar-refractivity contribution is 0.0609. The van der Waals surface area contributed by atoms with Gasteiger partial charge in [-0.15, -0.1) is 0 Å². The first-order chi connectivity index (χ1) is 12.7. The van der Waals surface area contributed by atoms with Crippen LogP contribution in [0.1, 0.15) is 21.9 Å². The highest BCUT2D eigenvalue weighted by atomic mass is 16.5. The Morgan fingerprint density at radius 3 is 2.62 bits per heavy atom. The van der Waals surface area contributed by atoms with Crippen molar-refractivity contribution in [1.29, 1.82) is 0 Å². The molecule has 26 heavy (non-hydrogen) atoms. The molecular formula is C19H21N5O2. The number of hydrogen-bond donors (Lipinski definition) is 0. The highest BCUT2D eigenvalue weighted by Gasteiger charge is 2.25. The van der Waals surface area contributed by atoms with Gasteiger partial charge in [-0.05, 0) is 19.1 Å². The third-order valence-electron chi connectivity index (χ3n) is 4.61. The number of amides is 1. The molecule has 0 unspecified atom stereocenters. The standard InChI is InChI=1S/C19H21N5O2/c1-15-11-17(26-21-15)13-22-7-9-23(10-8-22)19(25)18-12-20-14-24(18)16-5-3-2-4-6-16/h2-6,11-12,14H,7-10,13H2,1H3. The molecule has 1 aromatic carbocycles. The molecule has 1 aliphatic rings. The number of hydrogen-bond acceptors (Lipinski definition) is 5. The zero-order valence-electron chi connectivity index (χ0n) is 14.7. The van der Waals surface area contributed by atoms with Gasteiger partial charge in [-0.3, -0.25) is 14.3 Å². The first-order valence-corrected chi connectivity index (χ1v) is 8.72. The first kappa shape index (κ1) is 16.5. The first-order valence-electron chi connectivity index (χ1n) is 8.72. The summed E-state index contributed by atoms with van der Waals surface area (Å²) in [5.41, 5.74) is 2.42. The van der Waals surface area contributed by atoms with Crippen LogP contribution < -0.4 is 0 Å². The summed E-state index contributed by atoms with van der Waals surface area (Å²) in [6, 6.07) is 11.7. The second-order valence-corrected chi connectivity index (χ2v) is 6.49. The van der Waals surface area contributed by atoms with Gasteiger partial charge in [-0.25, -0.2) is 4.98 Å². The second-order valence-electron chi connectivity index (χ2n) is 6.49. The van der Waals surface area contributed by atoms with Gasteiger partial charge in [0.05, 0.1) is 24.8 Å². The van der Waals surface area contributed by atoms with Crippen molar-refractivity contribution in [3.8, 4) is 5.69 Å². The van der Waals surface area contributed by atoms with Gasteiger partial charge in [0.2, 0.25) is 0 Å². The average Bonchev–Trinajstić information content (AvgIpc) is 3.32. The molecule has 4 rings (SSSR count). The van der Waals surface area contributed by atoms with Crippen LogP contribution in [0.15, 0.2) is 53.4 Å². The van der Waals surface area contributed by atoms with Crippen molar-refractivity contribution in [2.45, 2.75) is 13.5 Å². The van der Waals surface area contributed by atoms with Gasteiger partial charge in [-0.1, -0.05) is 23.4 Å². The summed E-state index contributed by atoms with van der Waals surface area (Å²) < 4.78 is 7.12. The summed E-state index contributed by atoms with van der Waals surface area (Å²) in [5, 5.41) is 3.92. The molecule has 1 fully saturated rings. The van der Waals surface area contributed by atoms with Crippen LogP contribution in [-0.2, 0) is 6.54 Å². The van der Waals surface area contributed by atoms with E-state index in [1.54, 1.807) is 12.5 Å². The molecule has 0 spiro atoms. The maximum atomic E-state index is 12.9. The van der Waals surface area contributed by atoms with Crippen LogP contribution in [0.3, 0.4) is 0 Å². The lowest BCUT2D eigenvalue weighted by Crippen LogP contribution is -2.48. The van der Waals surface area contributed by atoms with Crippen LogP contribution in [0.25, 0.3) is 5.69 Å². The minimum atomic E-state index is 0.0153. The summed E-state index contributed by atoms with van der Waals surface area (Å²) in [7, 11) is 0. The van der Waals surface area contributed by atoms with Gasteiger partial charge < -0.3 is 9.42 Å². The summed E-state index contributed by atoms with van der Waals surface area (Å²) in [6.45, 7) is 5.64. The minimum absolute atomic E-state index is 0.0153. The molecule has 0 radical (unpaired) electrons. The SMILES string of the molecule is Cc1cc(CN2CCN(C(=O)c3cncn3-c3ccccc3)CC2)on1. The predicted octanol–water partition coefficient (Wildman–Crippen LogP) is 2.13. The predicted molar refractivity (Wildman–Crippen MR) is 96.0 cm³/mol. The number of aryl methyl sites for hydroxylation is 1. The number of para-hydroxylation sites is 1. The fraction of sp³-hybridized carbons (Fsp3) is 0.316. The van der Waals surface area contributed by atoms with Crippen LogP contribution in [-0.4, -0.2) is 56.6 Å². The number of aromatic nitrogens is 3. The lowest BCUT2D eigenvalue weighted by atomic mass is 10.2. The van der Waals surface area contributed by atoms with Crippen molar-refractivity contribution in [3.05, 3.63) is 66.1 Å². The Labute approximate surface area is 151 Å². The van der Waals surface area contributed by atoms with Crippen LogP contribution >= 0.6 is 0 Å². The molecule has 7 heteroatoms. The van der Waals surface area contributed by atoms with Gasteiger partial charge in [0.1, 0.15) is 5.69 Å². The van der Waals surface area contributed by atoms with Crippen LogP contribution in [0.5, 0.6) is 0 Å². The molecule has 3 aromatic rings. The highest BCUT2D eigenvalue weighted by molar-refractivity contribution is 5.93. The van der Waals surface area contributed by atoms with E-state index >= 15 is 0 Å². The normalized spacial score (nSPS) is 15.3. The van der Waals surface area contributed by atoms with Crippen LogP contribution in [0.4, 0.5) is 0 Å². The zero-order chi connectivity index (χ0) is 17.9. The Balaban J connectivity index is 1.41. The second kappa shape index (κ2) is 7.13. The Morgan fingerprint density at radius 2 is 1.92 bits per heavy atom. The lowest BCUT2D eigenvalue weighted by Gasteiger charge is -2.34. The number of nitrogens with zero attached hydrogens (tertiary/aromatic N) is 5. The molecule has 2 aromatic heterocycles. The van der Waals surface area contributed by atoms with Crippen molar-refractivity contribution in [1.82, 2.24) is 24.5 Å². The van der Waals surface area contributed by atoms with Crippen LogP contribution in [0, 0.1) is 6.92 Å². The molecular weight excluding hydrogens is 330 g/mol. The van der Waals surface area contributed by atoms with E-state index in [9.17, 15) is 4.79 Å². The molecule has 0 N–H and O–H groups in total. The summed E-state index contributed by atoms with van der Waals surface area (Å²) in [4.78, 5) is 21.3. The molecule has 0 saturated carbocycles. The van der Waals surface area contributed by atoms with Gasteiger partial charge in [0, 0.05) is 37.9 Å². The Morgan fingerprint density at radius 1 is 1.15 bits per heavy atom. The average molecular weight is 351 g/mol. The summed E-state index contributed by atoms with van der Waals surface area (Å²) in [6.07, 6.45) is 3.32. The van der Waals surface area contributed by atoms with Crippen molar-refractivity contribution >= 4 is 5.91 Å². The minimum Gasteiger partial charge on any atom is -0.360 e. The fourth-order valence-corrected chi connectivity index (χ4v) is 3.23. The monoisotopic (exact) mass is 351 g/mol. The van der Waals surface area contributed by atoms with E-state index in [0.717, 1.165) is 36.8 Å². The maximum absolute atomic E-state index is 12.9. The van der Waals surface area contributed by atoms with E-state index in [1.165, 1.54) is 0 Å². The van der Waals surface area contributed by atoms with E-state index in [0.29, 0.717) is 18.8 Å². The topological polar surface area (TPSA) is 67.4 Å². The van der Waals surface area contributed by atoms with Crippen molar-refractivity contribution in [2.75, 3.05) is 26.2 Å². The number of rotatable bonds is 4. The fourth-order valence-electron chi connectivity index (χ4n) is 3.23. The van der Waals surface area contributed by atoms with E-state index in [-0.39, 0.29) is 5.91 Å². The van der Waals surface area contributed by atoms with E-state index in [2.05, 4.69) is 15.0 Å². The molecule has 0 atom stereocenters. The number of carbonyl (C=O) groups excluding carboxylic acids is 1. The summed E-state index contributed by atoms with van der Waals surface area (Å²) in [5.74, 6) is 0.881. The third-order valence-corrected chi connectivity index (χ3v) is 4.61. The molecule has 1 amide bonds. The molecule has 1 aliphatic heterocycles. The Kier molecular flexibility index (Phi) is 4.53. The largest absolute Gasteiger partial charge is 0.360 e. The van der Waals surface area contributed by atoms with Gasteiger partial charge in [0.25, 0.3) is 5.91 Å². The molecule has 134 valence electrons. The van der Waals surface area contributed by atoms with Crippen LogP contribution in [0.2, 0.25) is 0 Å². The molecule has 7 nitrogen and oxygen atoms in total.